The first kappa shape index (κ1) is 16.5. The molecule has 2 N–H and O–H groups in total. The van der Waals surface area contributed by atoms with Gasteiger partial charge in [-0.15, -0.1) is 0 Å². The second kappa shape index (κ2) is 7.45. The maximum absolute atomic E-state index is 11.8. The van der Waals surface area contributed by atoms with Crippen molar-refractivity contribution in [2.45, 2.75) is 26.7 Å². The van der Waals surface area contributed by atoms with Crippen molar-refractivity contribution >= 4 is 11.6 Å². The summed E-state index contributed by atoms with van der Waals surface area (Å²) in [6.45, 7) is 5.37. The first-order chi connectivity index (χ1) is 11.6. The van der Waals surface area contributed by atoms with Crippen LogP contribution in [0.5, 0.6) is 11.6 Å². The van der Waals surface area contributed by atoms with E-state index in [9.17, 15) is 4.79 Å². The standard InChI is InChI=1S/C19H23N3O2/c1-13-3-7-17(9-14(13)2)24-19-8-6-16(11-21-19)22-18(23)12-20-10-15-4-5-15/h3,6-9,11,15,20H,4-5,10,12H2,1-2H3,(H,22,23). The lowest BCUT2D eigenvalue weighted by molar-refractivity contribution is -0.115. The van der Waals surface area contributed by atoms with Gasteiger partial charge < -0.3 is 15.4 Å². The molecule has 0 aliphatic heterocycles. The number of ether oxygens (including phenoxy) is 1. The van der Waals surface area contributed by atoms with E-state index in [1.807, 2.05) is 25.1 Å². The molecule has 1 amide bonds. The lowest BCUT2D eigenvalue weighted by Gasteiger charge is -2.09. The molecule has 24 heavy (non-hydrogen) atoms. The first-order valence-electron chi connectivity index (χ1n) is 8.32. The van der Waals surface area contributed by atoms with E-state index in [0.717, 1.165) is 18.2 Å². The van der Waals surface area contributed by atoms with Crippen LogP contribution in [-0.2, 0) is 4.79 Å². The number of nitrogens with zero attached hydrogens (tertiary/aromatic N) is 1. The summed E-state index contributed by atoms with van der Waals surface area (Å²) in [5.41, 5.74) is 3.07. The largest absolute Gasteiger partial charge is 0.439 e. The zero-order chi connectivity index (χ0) is 16.9. The molecule has 0 radical (unpaired) electrons. The van der Waals surface area contributed by atoms with E-state index < -0.39 is 0 Å². The third-order valence-electron chi connectivity index (χ3n) is 4.14. The predicted octanol–water partition coefficient (Wildman–Crippen LogP) is 3.43. The Labute approximate surface area is 142 Å². The number of carbonyl (C=O) groups excluding carboxylic acids is 1. The van der Waals surface area contributed by atoms with Crippen LogP contribution in [0.3, 0.4) is 0 Å². The highest BCUT2D eigenvalue weighted by Gasteiger charge is 2.20. The van der Waals surface area contributed by atoms with Crippen LogP contribution in [0.2, 0.25) is 0 Å². The van der Waals surface area contributed by atoms with E-state index in [1.54, 1.807) is 18.3 Å². The summed E-state index contributed by atoms with van der Waals surface area (Å²) in [7, 11) is 0. The summed E-state index contributed by atoms with van der Waals surface area (Å²) in [6.07, 6.45) is 4.16. The van der Waals surface area contributed by atoms with Crippen LogP contribution in [0, 0.1) is 19.8 Å². The highest BCUT2D eigenvalue weighted by molar-refractivity contribution is 5.92. The number of anilines is 1. The predicted molar refractivity (Wildman–Crippen MR) is 94.5 cm³/mol. The second-order valence-electron chi connectivity index (χ2n) is 6.36. The van der Waals surface area contributed by atoms with Gasteiger partial charge in [-0.3, -0.25) is 4.79 Å². The molecule has 0 saturated heterocycles. The van der Waals surface area contributed by atoms with Crippen LogP contribution in [0.4, 0.5) is 5.69 Å². The Morgan fingerprint density at radius 1 is 1.21 bits per heavy atom. The SMILES string of the molecule is Cc1ccc(Oc2ccc(NC(=O)CNCC3CC3)cn2)cc1C. The number of carbonyl (C=O) groups is 1. The molecule has 5 heteroatoms. The number of aromatic nitrogens is 1. The molecular weight excluding hydrogens is 302 g/mol. The molecule has 1 aliphatic rings. The van der Waals surface area contributed by atoms with E-state index in [2.05, 4.69) is 22.5 Å². The second-order valence-corrected chi connectivity index (χ2v) is 6.36. The lowest BCUT2D eigenvalue weighted by Crippen LogP contribution is -2.29. The van der Waals surface area contributed by atoms with Crippen molar-refractivity contribution in [3.05, 3.63) is 47.7 Å². The van der Waals surface area contributed by atoms with Crippen molar-refractivity contribution in [1.82, 2.24) is 10.3 Å². The van der Waals surface area contributed by atoms with Crippen LogP contribution in [0.1, 0.15) is 24.0 Å². The van der Waals surface area contributed by atoms with Crippen LogP contribution in [0.15, 0.2) is 36.5 Å². The van der Waals surface area contributed by atoms with Crippen molar-refractivity contribution in [2.24, 2.45) is 5.92 Å². The van der Waals surface area contributed by atoms with Gasteiger partial charge in [-0.05, 0) is 68.5 Å². The number of aryl methyl sites for hydroxylation is 2. The Balaban J connectivity index is 1.50. The molecule has 1 aromatic carbocycles. The Hall–Kier alpha value is -2.40. The maximum atomic E-state index is 11.8. The molecule has 0 atom stereocenters. The van der Waals surface area contributed by atoms with Crippen LogP contribution in [0.25, 0.3) is 0 Å². The van der Waals surface area contributed by atoms with Gasteiger partial charge in [0, 0.05) is 6.07 Å². The van der Waals surface area contributed by atoms with Gasteiger partial charge in [0.2, 0.25) is 11.8 Å². The minimum atomic E-state index is -0.0553. The Bertz CT molecular complexity index is 709. The molecule has 0 unspecified atom stereocenters. The number of nitrogens with one attached hydrogen (secondary N) is 2. The van der Waals surface area contributed by atoms with E-state index in [0.29, 0.717) is 18.1 Å². The minimum Gasteiger partial charge on any atom is -0.439 e. The molecule has 5 nitrogen and oxygen atoms in total. The summed E-state index contributed by atoms with van der Waals surface area (Å²) < 4.78 is 5.74. The topological polar surface area (TPSA) is 63.2 Å². The first-order valence-corrected chi connectivity index (χ1v) is 8.32. The van der Waals surface area contributed by atoms with Crippen molar-refractivity contribution in [1.29, 1.82) is 0 Å². The number of hydrogen-bond donors (Lipinski definition) is 2. The van der Waals surface area contributed by atoms with Gasteiger partial charge in [-0.25, -0.2) is 4.98 Å². The van der Waals surface area contributed by atoms with Crippen molar-refractivity contribution in [3.63, 3.8) is 0 Å². The molecule has 0 spiro atoms. The summed E-state index contributed by atoms with van der Waals surface area (Å²) in [5.74, 6) is 1.97. The Morgan fingerprint density at radius 3 is 2.71 bits per heavy atom. The zero-order valence-corrected chi connectivity index (χ0v) is 14.1. The van der Waals surface area contributed by atoms with Gasteiger partial charge in [0.25, 0.3) is 0 Å². The maximum Gasteiger partial charge on any atom is 0.238 e. The fourth-order valence-electron chi connectivity index (χ4n) is 2.33. The Morgan fingerprint density at radius 2 is 2.04 bits per heavy atom. The molecule has 1 fully saturated rings. The number of amides is 1. The van der Waals surface area contributed by atoms with Gasteiger partial charge in [0.05, 0.1) is 18.4 Å². The van der Waals surface area contributed by atoms with E-state index in [1.165, 1.54) is 24.0 Å². The average Bonchev–Trinajstić information content (AvgIpc) is 3.37. The molecule has 3 rings (SSSR count). The third kappa shape index (κ3) is 4.80. The molecule has 1 saturated carbocycles. The van der Waals surface area contributed by atoms with Gasteiger partial charge in [-0.1, -0.05) is 6.07 Å². The molecule has 0 bridgehead atoms. The Kier molecular flexibility index (Phi) is 5.11. The molecule has 1 heterocycles. The fraction of sp³-hybridized carbons (Fsp3) is 0.368. The molecule has 1 aliphatic carbocycles. The molecule has 1 aromatic heterocycles. The van der Waals surface area contributed by atoms with Gasteiger partial charge in [-0.2, -0.15) is 0 Å². The van der Waals surface area contributed by atoms with Gasteiger partial charge in [0.1, 0.15) is 5.75 Å². The third-order valence-corrected chi connectivity index (χ3v) is 4.14. The lowest BCUT2D eigenvalue weighted by atomic mass is 10.1. The normalized spacial score (nSPS) is 13.6. The average molecular weight is 325 g/mol. The van der Waals surface area contributed by atoms with Crippen LogP contribution >= 0.6 is 0 Å². The number of hydrogen-bond acceptors (Lipinski definition) is 4. The fourth-order valence-corrected chi connectivity index (χ4v) is 2.33. The van der Waals surface area contributed by atoms with Gasteiger partial charge >= 0.3 is 0 Å². The summed E-state index contributed by atoms with van der Waals surface area (Å²) in [6, 6.07) is 9.47. The van der Waals surface area contributed by atoms with Crippen molar-refractivity contribution in [2.75, 3.05) is 18.4 Å². The van der Waals surface area contributed by atoms with E-state index >= 15 is 0 Å². The monoisotopic (exact) mass is 325 g/mol. The molecule has 2 aromatic rings. The quantitative estimate of drug-likeness (QED) is 0.818. The van der Waals surface area contributed by atoms with E-state index in [4.69, 9.17) is 4.74 Å². The highest BCUT2D eigenvalue weighted by Crippen LogP contribution is 2.27. The van der Waals surface area contributed by atoms with Crippen molar-refractivity contribution in [3.8, 4) is 11.6 Å². The summed E-state index contributed by atoms with van der Waals surface area (Å²) >= 11 is 0. The number of rotatable bonds is 7. The highest BCUT2D eigenvalue weighted by atomic mass is 16.5. The number of pyridine rings is 1. The number of benzene rings is 1. The van der Waals surface area contributed by atoms with Crippen LogP contribution < -0.4 is 15.4 Å². The molecule has 126 valence electrons. The van der Waals surface area contributed by atoms with Gasteiger partial charge in [0.15, 0.2) is 0 Å². The smallest absolute Gasteiger partial charge is 0.238 e. The molecular formula is C19H23N3O2. The minimum absolute atomic E-state index is 0.0553. The summed E-state index contributed by atoms with van der Waals surface area (Å²) in [5, 5.41) is 5.99. The van der Waals surface area contributed by atoms with E-state index in [-0.39, 0.29) is 5.91 Å². The van der Waals surface area contributed by atoms with Crippen LogP contribution in [-0.4, -0.2) is 24.0 Å². The van der Waals surface area contributed by atoms with Crippen molar-refractivity contribution < 1.29 is 9.53 Å². The summed E-state index contributed by atoms with van der Waals surface area (Å²) in [4.78, 5) is 16.1. The zero-order valence-electron chi connectivity index (χ0n) is 14.1.